The number of nitrogens with one attached hydrogen (secondary N) is 1. The first kappa shape index (κ1) is 35.6. The fraction of sp³-hybridized carbons (Fsp3) is 0.464. The number of nitrogens with zero attached hydrogens (tertiary/aromatic N) is 2. The van der Waals surface area contributed by atoms with Crippen molar-refractivity contribution in [1.29, 1.82) is 0 Å². The van der Waals surface area contributed by atoms with Crippen LogP contribution in [0.4, 0.5) is 23.2 Å². The van der Waals surface area contributed by atoms with Gasteiger partial charge in [0.2, 0.25) is 10.0 Å². The van der Waals surface area contributed by atoms with Crippen molar-refractivity contribution in [2.45, 2.75) is 70.7 Å². The maximum atomic E-state index is 13.8. The number of halogens is 4. The predicted octanol–water partition coefficient (Wildman–Crippen LogP) is 3.78. The minimum Gasteiger partial charge on any atom is -0.385 e. The molecule has 3 N–H and O–H groups in total. The van der Waals surface area contributed by atoms with Crippen molar-refractivity contribution >= 4 is 33.6 Å². The summed E-state index contributed by atoms with van der Waals surface area (Å²) in [4.78, 5) is 33.5. The number of hydrogen-bond acceptors (Lipinski definition) is 8. The molecule has 1 saturated heterocycles. The van der Waals surface area contributed by atoms with Crippen LogP contribution < -0.4 is 15.6 Å². The summed E-state index contributed by atoms with van der Waals surface area (Å²) in [6.45, 7) is 10.2. The molecule has 1 aliphatic rings. The van der Waals surface area contributed by atoms with Crippen molar-refractivity contribution in [3.05, 3.63) is 65.2 Å². The monoisotopic (exact) mass is 632 g/mol. The number of alkyl halides is 4. The highest BCUT2D eigenvalue weighted by Gasteiger charge is 2.37. The number of anilines is 1. The van der Waals surface area contributed by atoms with Gasteiger partial charge in [0.15, 0.2) is 0 Å². The van der Waals surface area contributed by atoms with E-state index in [9.17, 15) is 40.4 Å². The van der Waals surface area contributed by atoms with Crippen LogP contribution in [-0.4, -0.2) is 67.9 Å². The van der Waals surface area contributed by atoms with E-state index in [0.717, 1.165) is 24.2 Å². The molecule has 0 aliphatic carbocycles. The van der Waals surface area contributed by atoms with Crippen molar-refractivity contribution in [2.24, 2.45) is 5.84 Å². The number of hydrazine groups is 1. The number of benzene rings is 2. The number of nitrogen functional groups attached to an aromatic ring is 1. The van der Waals surface area contributed by atoms with Crippen LogP contribution in [0, 0.1) is 6.92 Å². The smallest absolute Gasteiger partial charge is 0.381 e. The number of amides is 1. The van der Waals surface area contributed by atoms with E-state index >= 15 is 0 Å². The molecule has 0 unspecified atom stereocenters. The molecule has 0 spiro atoms. The van der Waals surface area contributed by atoms with Crippen molar-refractivity contribution in [1.82, 2.24) is 10.3 Å². The zero-order valence-electron chi connectivity index (χ0n) is 24.2. The van der Waals surface area contributed by atoms with Gasteiger partial charge in [-0.2, -0.15) is 17.6 Å². The quantitative estimate of drug-likeness (QED) is 0.112. The average Bonchev–Trinajstić information content (AvgIpc) is 2.95. The van der Waals surface area contributed by atoms with E-state index in [4.69, 9.17) is 5.84 Å². The number of nitrogens with two attached hydrogens (primary N) is 1. The van der Waals surface area contributed by atoms with Crippen LogP contribution >= 0.6 is 0 Å². The third kappa shape index (κ3) is 10.3. The number of carbonyl (C=O) groups is 3. The van der Waals surface area contributed by atoms with Gasteiger partial charge in [-0.3, -0.25) is 19.4 Å². The first-order chi connectivity index (χ1) is 20.0. The number of esters is 2. The molecule has 238 valence electrons. The molecule has 0 bridgehead atoms. The van der Waals surface area contributed by atoms with Gasteiger partial charge in [-0.15, -0.1) is 0 Å². The van der Waals surface area contributed by atoms with Gasteiger partial charge in [-0.05, 0) is 89.0 Å². The summed E-state index contributed by atoms with van der Waals surface area (Å²) in [6.07, 6.45) is -5.93. The Hall–Kier alpha value is -3.56. The molecule has 1 fully saturated rings. The molecule has 0 radical (unpaired) electrons. The van der Waals surface area contributed by atoms with Gasteiger partial charge in [0.1, 0.15) is 0 Å². The highest BCUT2D eigenvalue weighted by molar-refractivity contribution is 7.93. The molecule has 15 heteroatoms. The van der Waals surface area contributed by atoms with E-state index < -0.39 is 40.1 Å². The molecule has 1 aliphatic heterocycles. The second-order valence-corrected chi connectivity index (χ2v) is 12.9. The Morgan fingerprint density at radius 2 is 1.53 bits per heavy atom. The molecule has 43 heavy (non-hydrogen) atoms. The summed E-state index contributed by atoms with van der Waals surface area (Å²) in [5, 5.41) is -0.427. The first-order valence-corrected chi connectivity index (χ1v) is 14.7. The van der Waals surface area contributed by atoms with E-state index in [1.165, 1.54) is 4.31 Å². The SMILES string of the molecule is Cc1cccc(N(Cc2ccc(C(=O)NN)cc2)S(=O)(=O)C2CCN(C(C)(C)C)CC2)c1.O=C(OC(=O)C(F)F)C(F)F. The van der Waals surface area contributed by atoms with Gasteiger partial charge < -0.3 is 4.74 Å². The lowest BCUT2D eigenvalue weighted by molar-refractivity contribution is -0.174. The normalized spacial score (nSPS) is 14.6. The zero-order chi connectivity index (χ0) is 32.5. The standard InChI is InChI=1S/C24H34N4O3S.C4H2F4O3/c1-18-6-5-7-21(16-18)28(17-19-8-10-20(11-9-19)23(29)26-25)32(30,31)22-12-14-27(15-13-22)24(2,3)4;5-1(6)3(9)11-4(10)2(7)8/h5-11,16,22H,12-15,17,25H2,1-4H3,(H,26,29);1-2H. The third-order valence-electron chi connectivity index (χ3n) is 6.64. The Labute approximate surface area is 248 Å². The Bertz CT molecular complexity index is 1340. The Kier molecular flexibility index (Phi) is 12.6. The van der Waals surface area contributed by atoms with Crippen LogP contribution in [0.15, 0.2) is 48.5 Å². The van der Waals surface area contributed by atoms with Gasteiger partial charge in [-0.1, -0.05) is 24.3 Å². The Morgan fingerprint density at radius 1 is 1.00 bits per heavy atom. The number of ether oxygens (including phenoxy) is 1. The molecule has 0 saturated carbocycles. The summed E-state index contributed by atoms with van der Waals surface area (Å²) >= 11 is 0. The maximum absolute atomic E-state index is 13.8. The molecular formula is C28H36F4N4O6S. The fourth-order valence-corrected chi connectivity index (χ4v) is 6.22. The van der Waals surface area contributed by atoms with E-state index in [1.807, 2.05) is 31.2 Å². The lowest BCUT2D eigenvalue weighted by Gasteiger charge is -2.41. The highest BCUT2D eigenvalue weighted by Crippen LogP contribution is 2.30. The van der Waals surface area contributed by atoms with Gasteiger partial charge in [0, 0.05) is 11.1 Å². The summed E-state index contributed by atoms with van der Waals surface area (Å²) in [7, 11) is -3.58. The lowest BCUT2D eigenvalue weighted by Crippen LogP contribution is -2.50. The van der Waals surface area contributed by atoms with E-state index in [-0.39, 0.29) is 18.0 Å². The average molecular weight is 633 g/mol. The number of carbonyl (C=O) groups excluding carboxylic acids is 3. The molecule has 0 aromatic heterocycles. The minimum absolute atomic E-state index is 0.0303. The molecule has 10 nitrogen and oxygen atoms in total. The van der Waals surface area contributed by atoms with Crippen molar-refractivity contribution in [3.8, 4) is 0 Å². The second kappa shape index (κ2) is 15.3. The zero-order valence-corrected chi connectivity index (χ0v) is 25.0. The summed E-state index contributed by atoms with van der Waals surface area (Å²) in [5.74, 6) is 0.278. The van der Waals surface area contributed by atoms with E-state index in [0.29, 0.717) is 24.1 Å². The van der Waals surface area contributed by atoms with Gasteiger partial charge >= 0.3 is 24.8 Å². The van der Waals surface area contributed by atoms with Crippen LogP contribution in [0.1, 0.15) is 55.1 Å². The molecule has 2 aromatic carbocycles. The summed E-state index contributed by atoms with van der Waals surface area (Å²) < 4.78 is 76.9. The number of likely N-dealkylation sites (tertiary alicyclic amines) is 1. The van der Waals surface area contributed by atoms with Gasteiger partial charge in [0.25, 0.3) is 5.91 Å². The minimum atomic E-state index is -3.58. The van der Waals surface area contributed by atoms with Crippen molar-refractivity contribution in [2.75, 3.05) is 17.4 Å². The van der Waals surface area contributed by atoms with Crippen LogP contribution in [0.3, 0.4) is 0 Å². The summed E-state index contributed by atoms with van der Waals surface area (Å²) in [5.41, 5.74) is 5.02. The highest BCUT2D eigenvalue weighted by atomic mass is 32.2. The van der Waals surface area contributed by atoms with Crippen LogP contribution in [0.5, 0.6) is 0 Å². The van der Waals surface area contributed by atoms with Crippen LogP contribution in [0.25, 0.3) is 0 Å². The maximum Gasteiger partial charge on any atom is 0.381 e. The number of piperidine rings is 1. The summed E-state index contributed by atoms with van der Waals surface area (Å²) in [6, 6.07) is 14.4. The van der Waals surface area contributed by atoms with Gasteiger partial charge in [0.05, 0.1) is 17.5 Å². The lowest BCUT2D eigenvalue weighted by atomic mass is 10.0. The second-order valence-electron chi connectivity index (χ2n) is 10.8. The topological polar surface area (TPSA) is 139 Å². The van der Waals surface area contributed by atoms with Crippen molar-refractivity contribution < 1.29 is 45.1 Å². The molecule has 1 amide bonds. The predicted molar refractivity (Wildman–Crippen MR) is 152 cm³/mol. The molecule has 3 rings (SSSR count). The number of aryl methyl sites for hydroxylation is 1. The molecule has 0 atom stereocenters. The fourth-order valence-electron chi connectivity index (χ4n) is 4.31. The van der Waals surface area contributed by atoms with Crippen molar-refractivity contribution in [3.63, 3.8) is 0 Å². The van der Waals surface area contributed by atoms with E-state index in [1.54, 1.807) is 24.3 Å². The van der Waals surface area contributed by atoms with Crippen LogP contribution in [-0.2, 0) is 30.9 Å². The number of rotatable bonds is 8. The third-order valence-corrected chi connectivity index (χ3v) is 8.91. The van der Waals surface area contributed by atoms with E-state index in [2.05, 4.69) is 35.8 Å². The molecule has 1 heterocycles. The Balaban J connectivity index is 0.000000499. The van der Waals surface area contributed by atoms with Crippen LogP contribution in [0.2, 0.25) is 0 Å². The largest absolute Gasteiger partial charge is 0.385 e. The Morgan fingerprint density at radius 3 is 1.98 bits per heavy atom. The number of hydrogen-bond donors (Lipinski definition) is 2. The number of sulfonamides is 1. The first-order valence-electron chi connectivity index (χ1n) is 13.2. The van der Waals surface area contributed by atoms with Gasteiger partial charge in [-0.25, -0.2) is 23.8 Å². The molecule has 2 aromatic rings. The molecular weight excluding hydrogens is 596 g/mol.